The maximum absolute atomic E-state index is 11.7. The van der Waals surface area contributed by atoms with Crippen molar-refractivity contribution in [3.63, 3.8) is 0 Å². The van der Waals surface area contributed by atoms with Crippen LogP contribution in [0.2, 0.25) is 0 Å². The minimum Gasteiger partial charge on any atom is -0.493 e. The van der Waals surface area contributed by atoms with E-state index in [0.717, 1.165) is 11.3 Å². The molecule has 0 bridgehead atoms. The fourth-order valence-electron chi connectivity index (χ4n) is 3.56. The number of anilines is 1. The first-order valence-electron chi connectivity index (χ1n) is 8.82. The number of nitrogens with one attached hydrogen (secondary N) is 1. The monoisotopic (exact) mass is 380 g/mol. The van der Waals surface area contributed by atoms with E-state index < -0.39 is 5.97 Å². The lowest BCUT2D eigenvalue weighted by Gasteiger charge is -2.32. The average Bonchev–Trinajstić information content (AvgIpc) is 3.17. The van der Waals surface area contributed by atoms with E-state index in [-0.39, 0.29) is 17.6 Å². The Kier molecular flexibility index (Phi) is 4.60. The van der Waals surface area contributed by atoms with Gasteiger partial charge < -0.3 is 19.9 Å². The van der Waals surface area contributed by atoms with Crippen molar-refractivity contribution >= 4 is 11.8 Å². The van der Waals surface area contributed by atoms with Crippen LogP contribution in [0, 0.1) is 0 Å². The summed E-state index contributed by atoms with van der Waals surface area (Å²) in [6.45, 7) is 0. The average molecular weight is 380 g/mol. The number of hydrogen-bond acceptors (Lipinski definition) is 6. The number of aromatic nitrogens is 3. The van der Waals surface area contributed by atoms with Crippen LogP contribution in [0.1, 0.15) is 40.1 Å². The van der Waals surface area contributed by atoms with Gasteiger partial charge in [-0.05, 0) is 36.2 Å². The largest absolute Gasteiger partial charge is 0.493 e. The van der Waals surface area contributed by atoms with Crippen LogP contribution in [0.25, 0.3) is 0 Å². The number of methoxy groups -OCH3 is 2. The van der Waals surface area contributed by atoms with Crippen LogP contribution in [0.4, 0.5) is 5.82 Å². The van der Waals surface area contributed by atoms with E-state index in [1.165, 1.54) is 6.20 Å². The van der Waals surface area contributed by atoms with Gasteiger partial charge in [0, 0.05) is 6.20 Å². The van der Waals surface area contributed by atoms with Gasteiger partial charge in [0.1, 0.15) is 11.4 Å². The predicted octanol–water partition coefficient (Wildman–Crippen LogP) is 3.14. The third-order valence-electron chi connectivity index (χ3n) is 4.93. The van der Waals surface area contributed by atoms with Gasteiger partial charge in [-0.25, -0.2) is 9.48 Å². The molecule has 0 saturated heterocycles. The second-order valence-electron chi connectivity index (χ2n) is 6.47. The zero-order valence-corrected chi connectivity index (χ0v) is 15.5. The van der Waals surface area contributed by atoms with E-state index in [1.54, 1.807) is 25.1 Å². The van der Waals surface area contributed by atoms with Crippen LogP contribution in [0.3, 0.4) is 0 Å². The van der Waals surface area contributed by atoms with Gasteiger partial charge in [0.25, 0.3) is 0 Å². The van der Waals surface area contributed by atoms with Crippen LogP contribution in [0.5, 0.6) is 11.5 Å². The molecule has 2 N–H and O–H groups in total. The number of aromatic carboxylic acids is 1. The first-order chi connectivity index (χ1) is 13.6. The van der Waals surface area contributed by atoms with Crippen LogP contribution in [-0.4, -0.2) is 40.1 Å². The van der Waals surface area contributed by atoms with Crippen molar-refractivity contribution in [2.75, 3.05) is 19.5 Å². The van der Waals surface area contributed by atoms with Crippen LogP contribution in [-0.2, 0) is 0 Å². The van der Waals surface area contributed by atoms with Gasteiger partial charge in [-0.15, -0.1) is 0 Å². The van der Waals surface area contributed by atoms with Gasteiger partial charge in [-0.1, -0.05) is 12.1 Å². The third-order valence-corrected chi connectivity index (χ3v) is 4.93. The Balaban J connectivity index is 1.81. The highest BCUT2D eigenvalue weighted by molar-refractivity contribution is 5.93. The summed E-state index contributed by atoms with van der Waals surface area (Å²) in [4.78, 5) is 16.1. The van der Waals surface area contributed by atoms with Crippen molar-refractivity contribution in [1.82, 2.24) is 14.8 Å². The molecule has 1 aromatic carbocycles. The Hall–Kier alpha value is -3.55. The molecule has 4 rings (SSSR count). The minimum absolute atomic E-state index is 0.131. The molecule has 28 heavy (non-hydrogen) atoms. The molecule has 0 spiro atoms. The van der Waals surface area contributed by atoms with E-state index in [0.29, 0.717) is 23.7 Å². The number of rotatable bonds is 5. The molecule has 0 aliphatic carbocycles. The molecule has 0 amide bonds. The number of hydrogen-bond donors (Lipinski definition) is 2. The maximum atomic E-state index is 11.7. The highest BCUT2D eigenvalue weighted by atomic mass is 16.5. The van der Waals surface area contributed by atoms with E-state index >= 15 is 0 Å². The molecule has 2 unspecified atom stereocenters. The van der Waals surface area contributed by atoms with Crippen LogP contribution in [0.15, 0.2) is 48.8 Å². The Morgan fingerprint density at radius 1 is 1.21 bits per heavy atom. The van der Waals surface area contributed by atoms with Crippen molar-refractivity contribution in [3.8, 4) is 11.5 Å². The van der Waals surface area contributed by atoms with Gasteiger partial charge in [-0.3, -0.25) is 4.98 Å². The van der Waals surface area contributed by atoms with Crippen LogP contribution >= 0.6 is 0 Å². The number of carboxylic acid groups (broad SMARTS) is 1. The second-order valence-corrected chi connectivity index (χ2v) is 6.47. The zero-order chi connectivity index (χ0) is 19.7. The first-order valence-corrected chi connectivity index (χ1v) is 8.82. The summed E-state index contributed by atoms with van der Waals surface area (Å²) in [5.74, 6) is 0.684. The first kappa shape index (κ1) is 17.8. The minimum atomic E-state index is -1.03. The van der Waals surface area contributed by atoms with Gasteiger partial charge in [-0.2, -0.15) is 5.10 Å². The van der Waals surface area contributed by atoms with E-state index in [4.69, 9.17) is 9.47 Å². The molecule has 2 atom stereocenters. The maximum Gasteiger partial charge on any atom is 0.341 e. The number of carboxylic acids is 1. The highest BCUT2D eigenvalue weighted by Gasteiger charge is 2.33. The lowest BCUT2D eigenvalue weighted by Crippen LogP contribution is -2.29. The predicted molar refractivity (Wildman–Crippen MR) is 102 cm³/mol. The standard InChI is InChI=1S/C20H20N4O4/c1-27-17-7-6-12(9-18(17)28-2)16-10-15(14-5-3-4-8-21-14)23-19-13(20(25)26)11-22-24(16)19/h3-9,11,15-16,23H,10H2,1-2H3,(H,25,26). The summed E-state index contributed by atoms with van der Waals surface area (Å²) in [5.41, 5.74) is 1.92. The summed E-state index contributed by atoms with van der Waals surface area (Å²) >= 11 is 0. The molecule has 0 radical (unpaired) electrons. The van der Waals surface area contributed by atoms with Gasteiger partial charge in [0.05, 0.1) is 38.2 Å². The van der Waals surface area contributed by atoms with E-state index in [9.17, 15) is 9.90 Å². The van der Waals surface area contributed by atoms with Crippen LogP contribution < -0.4 is 14.8 Å². The molecular weight excluding hydrogens is 360 g/mol. The number of pyridine rings is 1. The fraction of sp³-hybridized carbons (Fsp3) is 0.250. The number of ether oxygens (including phenoxy) is 2. The van der Waals surface area contributed by atoms with Crippen molar-refractivity contribution in [3.05, 3.63) is 65.6 Å². The Morgan fingerprint density at radius 3 is 2.71 bits per heavy atom. The molecule has 0 saturated carbocycles. The number of carbonyl (C=O) groups is 1. The van der Waals surface area contributed by atoms with Crippen molar-refractivity contribution in [2.24, 2.45) is 0 Å². The molecule has 3 heterocycles. The molecular formula is C20H20N4O4. The Bertz CT molecular complexity index is 1000. The zero-order valence-electron chi connectivity index (χ0n) is 15.5. The summed E-state index contributed by atoms with van der Waals surface area (Å²) in [6.07, 6.45) is 3.76. The van der Waals surface area contributed by atoms with Gasteiger partial charge >= 0.3 is 5.97 Å². The molecule has 0 fully saturated rings. The SMILES string of the molecule is COc1ccc(C2CC(c3ccccn3)Nc3c(C(=O)O)cnn32)cc1OC. The number of benzene rings is 1. The molecule has 1 aliphatic rings. The van der Waals surface area contributed by atoms with Gasteiger partial charge in [0.2, 0.25) is 0 Å². The van der Waals surface area contributed by atoms with Crippen molar-refractivity contribution in [1.29, 1.82) is 0 Å². The number of nitrogens with zero attached hydrogens (tertiary/aromatic N) is 3. The third kappa shape index (κ3) is 3.02. The fourth-order valence-corrected chi connectivity index (χ4v) is 3.56. The normalized spacial score (nSPS) is 18.1. The Morgan fingerprint density at radius 2 is 2.04 bits per heavy atom. The molecule has 144 valence electrons. The number of fused-ring (bicyclic) bond motifs is 1. The quantitative estimate of drug-likeness (QED) is 0.701. The van der Waals surface area contributed by atoms with E-state index in [2.05, 4.69) is 15.4 Å². The molecule has 2 aromatic heterocycles. The molecule has 1 aliphatic heterocycles. The van der Waals surface area contributed by atoms with Crippen molar-refractivity contribution < 1.29 is 19.4 Å². The summed E-state index contributed by atoms with van der Waals surface area (Å²) < 4.78 is 12.5. The van der Waals surface area contributed by atoms with Gasteiger partial charge in [0.15, 0.2) is 11.5 Å². The summed E-state index contributed by atoms with van der Waals surface area (Å²) in [6, 6.07) is 11.0. The Labute approximate surface area is 161 Å². The topological polar surface area (TPSA) is 98.5 Å². The molecule has 8 nitrogen and oxygen atoms in total. The second kappa shape index (κ2) is 7.22. The lowest BCUT2D eigenvalue weighted by atomic mass is 9.94. The summed E-state index contributed by atoms with van der Waals surface area (Å²) in [5, 5.41) is 17.2. The van der Waals surface area contributed by atoms with E-state index in [1.807, 2.05) is 36.4 Å². The molecule has 3 aromatic rings. The molecule has 8 heteroatoms. The smallest absolute Gasteiger partial charge is 0.341 e. The highest BCUT2D eigenvalue weighted by Crippen LogP contribution is 2.41. The lowest BCUT2D eigenvalue weighted by molar-refractivity contribution is 0.0697. The van der Waals surface area contributed by atoms with Crippen molar-refractivity contribution in [2.45, 2.75) is 18.5 Å². The summed E-state index contributed by atoms with van der Waals surface area (Å²) in [7, 11) is 3.17.